The van der Waals surface area contributed by atoms with Crippen LogP contribution in [0.5, 0.6) is 5.75 Å². The molecule has 0 aliphatic heterocycles. The summed E-state index contributed by atoms with van der Waals surface area (Å²) in [6.07, 6.45) is 2.67. The summed E-state index contributed by atoms with van der Waals surface area (Å²) in [5.41, 5.74) is 3.59. The maximum atomic E-state index is 13.6. The molecule has 2 N–H and O–H groups in total. The Labute approximate surface area is 202 Å². The number of nitrogens with zero attached hydrogens (tertiary/aromatic N) is 2. The number of carbonyl (C=O) groups excluding carboxylic acids is 1. The van der Waals surface area contributed by atoms with E-state index in [0.717, 1.165) is 23.1 Å². The van der Waals surface area contributed by atoms with E-state index in [0.29, 0.717) is 28.5 Å². The van der Waals surface area contributed by atoms with Crippen LogP contribution in [0.3, 0.4) is 0 Å². The molecule has 0 bridgehead atoms. The van der Waals surface area contributed by atoms with Gasteiger partial charge in [0.1, 0.15) is 16.8 Å². The summed E-state index contributed by atoms with van der Waals surface area (Å²) in [6.45, 7) is 4.31. The summed E-state index contributed by atoms with van der Waals surface area (Å²) in [6, 6.07) is 17.5. The van der Waals surface area contributed by atoms with Gasteiger partial charge < -0.3 is 15.0 Å². The Balaban J connectivity index is 1.76. The van der Waals surface area contributed by atoms with Gasteiger partial charge in [-0.1, -0.05) is 61.2 Å². The summed E-state index contributed by atoms with van der Waals surface area (Å²) in [5.74, 6) is 0.804. The van der Waals surface area contributed by atoms with Crippen molar-refractivity contribution < 1.29 is 9.53 Å². The molecule has 0 radical (unpaired) electrons. The zero-order chi connectivity index (χ0) is 24.1. The van der Waals surface area contributed by atoms with Gasteiger partial charge in [-0.3, -0.25) is 14.2 Å². The molecule has 0 spiro atoms. The Bertz CT molecular complexity index is 1350. The van der Waals surface area contributed by atoms with E-state index in [4.69, 9.17) is 9.72 Å². The van der Waals surface area contributed by atoms with E-state index in [1.165, 1.54) is 11.8 Å². The fraction of sp³-hybridized carbons (Fsp3) is 0.269. The maximum absolute atomic E-state index is 13.6. The van der Waals surface area contributed by atoms with Crippen molar-refractivity contribution in [2.45, 2.75) is 38.0 Å². The number of rotatable bonds is 9. The molecule has 2 aromatic carbocycles. The van der Waals surface area contributed by atoms with Crippen molar-refractivity contribution in [2.75, 3.05) is 12.9 Å². The van der Waals surface area contributed by atoms with Crippen molar-refractivity contribution in [1.29, 1.82) is 0 Å². The summed E-state index contributed by atoms with van der Waals surface area (Å²) in [7, 11) is 1.61. The van der Waals surface area contributed by atoms with E-state index < -0.39 is 0 Å². The highest BCUT2D eigenvalue weighted by Gasteiger charge is 2.18. The average Bonchev–Trinajstić information content (AvgIpc) is 3.29. The molecular weight excluding hydrogens is 448 g/mol. The summed E-state index contributed by atoms with van der Waals surface area (Å²) in [5, 5.41) is 3.47. The number of methoxy groups -OCH3 is 1. The summed E-state index contributed by atoms with van der Waals surface area (Å²) < 4.78 is 6.95. The molecule has 2 heterocycles. The fourth-order valence-electron chi connectivity index (χ4n) is 3.66. The first-order chi connectivity index (χ1) is 16.5. The van der Waals surface area contributed by atoms with Gasteiger partial charge in [0.15, 0.2) is 5.16 Å². The highest BCUT2D eigenvalue weighted by atomic mass is 32.2. The Morgan fingerprint density at radius 1 is 1.21 bits per heavy atom. The lowest BCUT2D eigenvalue weighted by atomic mass is 10.1. The second-order valence-corrected chi connectivity index (χ2v) is 9.04. The lowest BCUT2D eigenvalue weighted by Crippen LogP contribution is -2.33. The summed E-state index contributed by atoms with van der Waals surface area (Å²) in [4.78, 5) is 34.0. The van der Waals surface area contributed by atoms with E-state index in [1.54, 1.807) is 11.7 Å². The van der Waals surface area contributed by atoms with Crippen LogP contribution in [-0.4, -0.2) is 39.3 Å². The first-order valence-electron chi connectivity index (χ1n) is 11.2. The quantitative estimate of drug-likeness (QED) is 0.275. The van der Waals surface area contributed by atoms with Crippen molar-refractivity contribution in [3.8, 4) is 16.9 Å². The number of aromatic nitrogens is 3. The van der Waals surface area contributed by atoms with Crippen LogP contribution >= 0.6 is 11.8 Å². The number of fused-ring (bicyclic) bond motifs is 1. The molecule has 4 rings (SSSR count). The van der Waals surface area contributed by atoms with Gasteiger partial charge in [0.2, 0.25) is 5.91 Å². The molecule has 34 heavy (non-hydrogen) atoms. The van der Waals surface area contributed by atoms with E-state index >= 15 is 0 Å². The van der Waals surface area contributed by atoms with Crippen LogP contribution in [-0.2, 0) is 11.3 Å². The van der Waals surface area contributed by atoms with E-state index in [1.807, 2.05) is 74.6 Å². The lowest BCUT2D eigenvalue weighted by molar-refractivity contribution is -0.119. The van der Waals surface area contributed by atoms with Crippen molar-refractivity contribution >= 4 is 28.7 Å². The first kappa shape index (κ1) is 23.6. The van der Waals surface area contributed by atoms with Gasteiger partial charge in [0, 0.05) is 17.8 Å². The molecule has 8 heteroatoms. The Kier molecular flexibility index (Phi) is 7.37. The Hall–Kier alpha value is -3.52. The zero-order valence-corrected chi connectivity index (χ0v) is 20.3. The highest BCUT2D eigenvalue weighted by molar-refractivity contribution is 7.99. The predicted octanol–water partition coefficient (Wildman–Crippen LogP) is 4.46. The third kappa shape index (κ3) is 5.17. The third-order valence-electron chi connectivity index (χ3n) is 5.66. The largest absolute Gasteiger partial charge is 0.497 e. The van der Waals surface area contributed by atoms with Gasteiger partial charge in [0.25, 0.3) is 5.56 Å². The Morgan fingerprint density at radius 3 is 2.74 bits per heavy atom. The number of benzene rings is 2. The smallest absolute Gasteiger partial charge is 0.278 e. The predicted molar refractivity (Wildman–Crippen MR) is 137 cm³/mol. The van der Waals surface area contributed by atoms with Gasteiger partial charge in [-0.05, 0) is 36.6 Å². The van der Waals surface area contributed by atoms with Crippen LogP contribution in [0.4, 0.5) is 0 Å². The van der Waals surface area contributed by atoms with Gasteiger partial charge in [-0.25, -0.2) is 4.98 Å². The van der Waals surface area contributed by atoms with Gasteiger partial charge in [-0.15, -0.1) is 0 Å². The fourth-order valence-corrected chi connectivity index (χ4v) is 4.46. The van der Waals surface area contributed by atoms with Crippen molar-refractivity contribution in [2.24, 2.45) is 0 Å². The number of carbonyl (C=O) groups is 1. The van der Waals surface area contributed by atoms with E-state index in [-0.39, 0.29) is 23.3 Å². The first-order valence-corrected chi connectivity index (χ1v) is 12.2. The zero-order valence-electron chi connectivity index (χ0n) is 19.5. The van der Waals surface area contributed by atoms with Crippen molar-refractivity contribution in [1.82, 2.24) is 19.9 Å². The molecule has 1 atom stereocenters. The number of hydrogen-bond acceptors (Lipinski definition) is 5. The van der Waals surface area contributed by atoms with Gasteiger partial charge in [-0.2, -0.15) is 0 Å². The van der Waals surface area contributed by atoms with E-state index in [9.17, 15) is 9.59 Å². The Morgan fingerprint density at radius 2 is 2.00 bits per heavy atom. The monoisotopic (exact) mass is 476 g/mol. The van der Waals surface area contributed by atoms with Crippen LogP contribution in [0, 0.1) is 0 Å². The van der Waals surface area contributed by atoms with Crippen molar-refractivity contribution in [3.63, 3.8) is 0 Å². The standard InChI is InChI=1S/C26H28N4O3S/c1-4-17(2)28-22(31)16-34-26-29-23-21(19-10-6-5-7-11-19)14-27-24(23)25(32)30(26)15-18-9-8-12-20(13-18)33-3/h5-14,17,27H,4,15-16H2,1-3H3,(H,28,31)/t17-/m0/s1. The minimum atomic E-state index is -0.181. The number of nitrogens with one attached hydrogen (secondary N) is 2. The molecule has 0 saturated carbocycles. The van der Waals surface area contributed by atoms with E-state index in [2.05, 4.69) is 10.3 Å². The molecule has 2 aromatic heterocycles. The number of aromatic amines is 1. The molecule has 0 aliphatic carbocycles. The SMILES string of the molecule is CC[C@H](C)NC(=O)CSc1nc2c(-c3ccccc3)c[nH]c2c(=O)n1Cc1cccc(OC)c1. The molecule has 176 valence electrons. The van der Waals surface area contributed by atoms with Crippen LogP contribution in [0.2, 0.25) is 0 Å². The van der Waals surface area contributed by atoms with Crippen LogP contribution < -0.4 is 15.6 Å². The molecule has 0 unspecified atom stereocenters. The van der Waals surface area contributed by atoms with Gasteiger partial charge in [0.05, 0.1) is 19.4 Å². The number of hydrogen-bond donors (Lipinski definition) is 2. The third-order valence-corrected chi connectivity index (χ3v) is 6.64. The molecular formula is C26H28N4O3S. The molecule has 0 fully saturated rings. The average molecular weight is 477 g/mol. The number of amides is 1. The number of ether oxygens (including phenoxy) is 1. The highest BCUT2D eigenvalue weighted by Crippen LogP contribution is 2.28. The maximum Gasteiger partial charge on any atom is 0.278 e. The summed E-state index contributed by atoms with van der Waals surface area (Å²) >= 11 is 1.27. The molecule has 1 amide bonds. The topological polar surface area (TPSA) is 89.0 Å². The van der Waals surface area contributed by atoms with Crippen LogP contribution in [0.1, 0.15) is 25.8 Å². The molecule has 0 saturated heterocycles. The van der Waals surface area contributed by atoms with Crippen LogP contribution in [0.15, 0.2) is 70.7 Å². The van der Waals surface area contributed by atoms with Gasteiger partial charge >= 0.3 is 0 Å². The molecule has 7 nitrogen and oxygen atoms in total. The number of thioether (sulfide) groups is 1. The minimum absolute atomic E-state index is 0.0843. The molecule has 0 aliphatic rings. The molecule has 4 aromatic rings. The number of H-pyrrole nitrogens is 1. The van der Waals surface area contributed by atoms with Crippen LogP contribution in [0.25, 0.3) is 22.2 Å². The second-order valence-electron chi connectivity index (χ2n) is 8.09. The second kappa shape index (κ2) is 10.6. The normalized spacial score (nSPS) is 12.0. The minimum Gasteiger partial charge on any atom is -0.497 e. The lowest BCUT2D eigenvalue weighted by Gasteiger charge is -2.14. The van der Waals surface area contributed by atoms with Crippen molar-refractivity contribution in [3.05, 3.63) is 76.7 Å².